The first-order valence-electron chi connectivity index (χ1n) is 7.91. The first kappa shape index (κ1) is 16.5. The van der Waals surface area contributed by atoms with Crippen molar-refractivity contribution in [1.29, 1.82) is 0 Å². The maximum atomic E-state index is 10.4. The largest absolute Gasteiger partial charge is 0.386 e. The summed E-state index contributed by atoms with van der Waals surface area (Å²) in [6.07, 6.45) is -0.558. The molecule has 0 aliphatic heterocycles. The number of benzene rings is 2. The Bertz CT molecular complexity index is 781. The van der Waals surface area contributed by atoms with Crippen molar-refractivity contribution in [3.63, 3.8) is 0 Å². The van der Waals surface area contributed by atoms with Crippen LogP contribution in [0.15, 0.2) is 65.7 Å². The lowest BCUT2D eigenvalue weighted by atomic mass is 10.2. The number of rotatable bonds is 5. The topological polar surface area (TPSA) is 56.7 Å². The van der Waals surface area contributed by atoms with E-state index in [2.05, 4.69) is 39.9 Å². The van der Waals surface area contributed by atoms with E-state index in [-0.39, 0.29) is 0 Å². The van der Waals surface area contributed by atoms with E-state index in [1.165, 1.54) is 15.6 Å². The molecule has 1 aromatic heterocycles. The van der Waals surface area contributed by atoms with Gasteiger partial charge in [-0.15, -0.1) is 11.3 Å². The maximum Gasteiger partial charge on any atom is 0.191 e. The van der Waals surface area contributed by atoms with Gasteiger partial charge >= 0.3 is 0 Å². The van der Waals surface area contributed by atoms with Gasteiger partial charge in [0.2, 0.25) is 0 Å². The van der Waals surface area contributed by atoms with Gasteiger partial charge < -0.3 is 15.7 Å². The highest BCUT2D eigenvalue weighted by atomic mass is 32.1. The Balaban J connectivity index is 1.55. The number of thiophene rings is 1. The monoisotopic (exact) mass is 339 g/mol. The second-order valence-electron chi connectivity index (χ2n) is 5.49. The number of guanidine groups is 1. The summed E-state index contributed by atoms with van der Waals surface area (Å²) in [6, 6.07) is 20.4. The Morgan fingerprint density at radius 2 is 1.83 bits per heavy atom. The molecule has 3 rings (SSSR count). The maximum absolute atomic E-state index is 10.4. The van der Waals surface area contributed by atoms with E-state index in [1.807, 2.05) is 36.4 Å². The minimum atomic E-state index is -0.558. The van der Waals surface area contributed by atoms with Gasteiger partial charge in [0.25, 0.3) is 0 Å². The summed E-state index contributed by atoms with van der Waals surface area (Å²) in [4.78, 5) is 5.16. The van der Waals surface area contributed by atoms with Crippen molar-refractivity contribution >= 4 is 27.4 Å². The summed E-state index contributed by atoms with van der Waals surface area (Å²) >= 11 is 1.62. The van der Waals surface area contributed by atoms with Crippen LogP contribution in [0.2, 0.25) is 0 Å². The van der Waals surface area contributed by atoms with Crippen molar-refractivity contribution in [3.8, 4) is 0 Å². The number of nitrogens with one attached hydrogen (secondary N) is 2. The Labute approximate surface area is 145 Å². The molecule has 124 valence electrons. The standard InChI is InChI=1S/C19H21N3OS/c1-20-19(21-12-14-7-3-2-4-8-14)22-13-16(23)18-11-15-9-5-6-10-17(15)24-18/h2-11,16,23H,12-13H2,1H3,(H2,20,21,22). The van der Waals surface area contributed by atoms with Crippen LogP contribution in [0.3, 0.4) is 0 Å². The van der Waals surface area contributed by atoms with Crippen LogP contribution in [0.5, 0.6) is 0 Å². The number of nitrogens with zero attached hydrogens (tertiary/aromatic N) is 1. The van der Waals surface area contributed by atoms with Gasteiger partial charge in [-0.25, -0.2) is 0 Å². The fourth-order valence-electron chi connectivity index (χ4n) is 2.46. The lowest BCUT2D eigenvalue weighted by Gasteiger charge is -2.14. The van der Waals surface area contributed by atoms with Crippen molar-refractivity contribution in [1.82, 2.24) is 10.6 Å². The third-order valence-corrected chi connectivity index (χ3v) is 4.98. The van der Waals surface area contributed by atoms with Crippen LogP contribution in [0.25, 0.3) is 10.1 Å². The predicted molar refractivity (Wildman–Crippen MR) is 101 cm³/mol. The van der Waals surface area contributed by atoms with Crippen molar-refractivity contribution in [2.24, 2.45) is 4.99 Å². The quantitative estimate of drug-likeness (QED) is 0.494. The molecule has 0 bridgehead atoms. The highest BCUT2D eigenvalue weighted by Crippen LogP contribution is 2.29. The van der Waals surface area contributed by atoms with Crippen LogP contribution in [0.1, 0.15) is 16.5 Å². The zero-order valence-corrected chi connectivity index (χ0v) is 14.4. The number of aliphatic hydroxyl groups excluding tert-OH is 1. The second kappa shape index (κ2) is 7.95. The van der Waals surface area contributed by atoms with E-state index >= 15 is 0 Å². The molecule has 2 aromatic carbocycles. The molecule has 0 aliphatic carbocycles. The highest BCUT2D eigenvalue weighted by Gasteiger charge is 2.12. The van der Waals surface area contributed by atoms with Crippen LogP contribution in [0, 0.1) is 0 Å². The van der Waals surface area contributed by atoms with Crippen LogP contribution in [-0.2, 0) is 6.54 Å². The van der Waals surface area contributed by atoms with E-state index in [9.17, 15) is 5.11 Å². The van der Waals surface area contributed by atoms with Gasteiger partial charge in [0.05, 0.1) is 0 Å². The van der Waals surface area contributed by atoms with Crippen LogP contribution >= 0.6 is 11.3 Å². The van der Waals surface area contributed by atoms with Crippen LogP contribution in [-0.4, -0.2) is 24.7 Å². The summed E-state index contributed by atoms with van der Waals surface area (Å²) < 4.78 is 1.19. The van der Waals surface area contributed by atoms with Gasteiger partial charge in [-0.3, -0.25) is 4.99 Å². The molecule has 0 radical (unpaired) electrons. The number of hydrogen-bond donors (Lipinski definition) is 3. The lowest BCUT2D eigenvalue weighted by molar-refractivity contribution is 0.184. The molecule has 0 amide bonds. The second-order valence-corrected chi connectivity index (χ2v) is 6.61. The number of hydrogen-bond acceptors (Lipinski definition) is 3. The Kier molecular flexibility index (Phi) is 5.46. The summed E-state index contributed by atoms with van der Waals surface area (Å²) in [7, 11) is 1.73. The Hall–Kier alpha value is -2.37. The normalized spacial score (nSPS) is 13.0. The molecular formula is C19H21N3OS. The predicted octanol–water partition coefficient (Wildman–Crippen LogP) is 3.30. The van der Waals surface area contributed by atoms with Crippen LogP contribution < -0.4 is 10.6 Å². The number of aliphatic hydroxyl groups is 1. The summed E-state index contributed by atoms with van der Waals surface area (Å²) in [5.41, 5.74) is 1.19. The molecule has 24 heavy (non-hydrogen) atoms. The summed E-state index contributed by atoms with van der Waals surface area (Å²) in [5.74, 6) is 0.680. The molecule has 1 heterocycles. The molecule has 3 N–H and O–H groups in total. The molecule has 1 atom stereocenters. The van der Waals surface area contributed by atoms with Crippen molar-refractivity contribution in [2.45, 2.75) is 12.6 Å². The fourth-order valence-corrected chi connectivity index (χ4v) is 3.51. The lowest BCUT2D eigenvalue weighted by Crippen LogP contribution is -2.38. The molecular weight excluding hydrogens is 318 g/mol. The van der Waals surface area contributed by atoms with Gasteiger partial charge in [0.1, 0.15) is 6.10 Å². The first-order valence-corrected chi connectivity index (χ1v) is 8.73. The molecule has 0 aliphatic rings. The zero-order chi connectivity index (χ0) is 16.8. The van der Waals surface area contributed by atoms with Gasteiger partial charge in [0, 0.05) is 29.7 Å². The first-order chi connectivity index (χ1) is 11.8. The van der Waals surface area contributed by atoms with Gasteiger partial charge in [-0.2, -0.15) is 0 Å². The third-order valence-electron chi connectivity index (χ3n) is 3.76. The zero-order valence-electron chi connectivity index (χ0n) is 13.6. The van der Waals surface area contributed by atoms with E-state index < -0.39 is 6.10 Å². The minimum Gasteiger partial charge on any atom is -0.386 e. The molecule has 0 spiro atoms. The Morgan fingerprint density at radius 3 is 2.58 bits per heavy atom. The fraction of sp³-hybridized carbons (Fsp3) is 0.211. The van der Waals surface area contributed by atoms with Gasteiger partial charge in [0.15, 0.2) is 5.96 Å². The average Bonchev–Trinajstić information content (AvgIpc) is 3.07. The highest BCUT2D eigenvalue weighted by molar-refractivity contribution is 7.19. The smallest absolute Gasteiger partial charge is 0.191 e. The molecule has 0 fully saturated rings. The minimum absolute atomic E-state index is 0.418. The van der Waals surface area contributed by atoms with Crippen molar-refractivity contribution in [2.75, 3.05) is 13.6 Å². The number of aliphatic imine (C=N–C) groups is 1. The van der Waals surface area contributed by atoms with Crippen molar-refractivity contribution in [3.05, 3.63) is 71.1 Å². The van der Waals surface area contributed by atoms with E-state index in [0.717, 1.165) is 4.88 Å². The molecule has 1 unspecified atom stereocenters. The molecule has 5 heteroatoms. The van der Waals surface area contributed by atoms with E-state index in [1.54, 1.807) is 18.4 Å². The average molecular weight is 339 g/mol. The van der Waals surface area contributed by atoms with E-state index in [0.29, 0.717) is 19.0 Å². The van der Waals surface area contributed by atoms with E-state index in [4.69, 9.17) is 0 Å². The SMILES string of the molecule is CN=C(NCc1ccccc1)NCC(O)c1cc2ccccc2s1. The molecule has 3 aromatic rings. The van der Waals surface area contributed by atoms with Crippen LogP contribution in [0.4, 0.5) is 0 Å². The molecule has 0 saturated heterocycles. The molecule has 4 nitrogen and oxygen atoms in total. The van der Waals surface area contributed by atoms with Gasteiger partial charge in [-0.05, 0) is 23.1 Å². The summed E-state index contributed by atoms with van der Waals surface area (Å²) in [5, 5.41) is 18.0. The number of fused-ring (bicyclic) bond motifs is 1. The third kappa shape index (κ3) is 4.13. The van der Waals surface area contributed by atoms with Crippen molar-refractivity contribution < 1.29 is 5.11 Å². The van der Waals surface area contributed by atoms with Gasteiger partial charge in [-0.1, -0.05) is 48.5 Å². The molecule has 0 saturated carbocycles. The summed E-state index contributed by atoms with van der Waals surface area (Å²) in [6.45, 7) is 1.11. The Morgan fingerprint density at radius 1 is 1.08 bits per heavy atom.